The molecule has 0 aliphatic carbocycles. The molecule has 0 radical (unpaired) electrons. The second kappa shape index (κ2) is 9.26. The molecule has 0 spiro atoms. The van der Waals surface area contributed by atoms with Crippen molar-refractivity contribution in [3.63, 3.8) is 0 Å². The maximum atomic E-state index is 13.0. The summed E-state index contributed by atoms with van der Waals surface area (Å²) in [6.07, 6.45) is 6.60. The Hall–Kier alpha value is -3.26. The molecule has 3 aromatic rings. The van der Waals surface area contributed by atoms with Crippen LogP contribution < -0.4 is 5.32 Å². The molecule has 2 amide bonds. The van der Waals surface area contributed by atoms with E-state index in [0.29, 0.717) is 17.8 Å². The van der Waals surface area contributed by atoms with Crippen molar-refractivity contribution in [3.05, 3.63) is 54.0 Å². The van der Waals surface area contributed by atoms with Crippen LogP contribution in [0.1, 0.15) is 40.1 Å². The van der Waals surface area contributed by atoms with E-state index in [9.17, 15) is 9.59 Å². The average Bonchev–Trinajstić information content (AvgIpc) is 3.23. The number of hydrogen-bond acceptors (Lipinski definition) is 5. The van der Waals surface area contributed by atoms with Crippen molar-refractivity contribution in [3.8, 4) is 11.3 Å². The van der Waals surface area contributed by atoms with Crippen LogP contribution in [0.25, 0.3) is 16.8 Å². The van der Waals surface area contributed by atoms with Crippen LogP contribution in [-0.2, 0) is 0 Å². The highest BCUT2D eigenvalue weighted by atomic mass is 16.2. The fourth-order valence-electron chi connectivity index (χ4n) is 3.83. The Bertz CT molecular complexity index is 1070. The van der Waals surface area contributed by atoms with Crippen LogP contribution >= 0.6 is 0 Å². The van der Waals surface area contributed by atoms with Gasteiger partial charge in [0, 0.05) is 37.9 Å². The number of hydrogen-bond donors (Lipinski definition) is 1. The largest absolute Gasteiger partial charge is 0.349 e. The second-order valence-electron chi connectivity index (χ2n) is 8.11. The minimum Gasteiger partial charge on any atom is -0.349 e. The fraction of sp³-hybridized carbons (Fsp3) is 0.391. The summed E-state index contributed by atoms with van der Waals surface area (Å²) < 4.78 is 1.77. The van der Waals surface area contributed by atoms with E-state index in [1.165, 1.54) is 6.42 Å². The van der Waals surface area contributed by atoms with Gasteiger partial charge in [-0.05, 0) is 57.6 Å². The van der Waals surface area contributed by atoms with E-state index < -0.39 is 0 Å². The quantitative estimate of drug-likeness (QED) is 0.662. The Morgan fingerprint density at radius 2 is 1.87 bits per heavy atom. The third-order valence-electron chi connectivity index (χ3n) is 5.55. The highest BCUT2D eigenvalue weighted by Crippen LogP contribution is 2.23. The number of carbonyl (C=O) groups is 2. The van der Waals surface area contributed by atoms with Gasteiger partial charge in [-0.15, -0.1) is 0 Å². The van der Waals surface area contributed by atoms with Crippen molar-refractivity contribution in [1.82, 2.24) is 29.7 Å². The van der Waals surface area contributed by atoms with E-state index in [1.54, 1.807) is 23.0 Å². The Balaban J connectivity index is 1.55. The van der Waals surface area contributed by atoms with Gasteiger partial charge in [0.1, 0.15) is 5.69 Å². The van der Waals surface area contributed by atoms with Crippen LogP contribution in [0.4, 0.5) is 0 Å². The average molecular weight is 421 g/mol. The maximum absolute atomic E-state index is 13.0. The monoisotopic (exact) mass is 420 g/mol. The molecular weight excluding hydrogens is 392 g/mol. The van der Waals surface area contributed by atoms with Gasteiger partial charge < -0.3 is 15.1 Å². The highest BCUT2D eigenvalue weighted by molar-refractivity contribution is 6.01. The minimum absolute atomic E-state index is 0.0368. The standard InChI is InChI=1S/C23H28N6O2/c1-27(2)14-11-24-22(30)19-10-9-17(15-25-19)20-7-6-8-21-18(16-26-29(20)21)23(31)28-12-4-3-5-13-28/h6-10,15-16H,3-5,11-14H2,1-2H3,(H,24,30). The normalized spacial score (nSPS) is 14.2. The third kappa shape index (κ3) is 4.59. The summed E-state index contributed by atoms with van der Waals surface area (Å²) >= 11 is 0. The topological polar surface area (TPSA) is 82.8 Å². The molecule has 1 aliphatic rings. The lowest BCUT2D eigenvalue weighted by molar-refractivity contribution is 0.0726. The number of nitrogens with one attached hydrogen (secondary N) is 1. The molecule has 31 heavy (non-hydrogen) atoms. The molecule has 1 fully saturated rings. The van der Waals surface area contributed by atoms with E-state index >= 15 is 0 Å². The van der Waals surface area contributed by atoms with Gasteiger partial charge in [-0.3, -0.25) is 14.6 Å². The molecule has 4 rings (SSSR count). The number of aromatic nitrogens is 3. The lowest BCUT2D eigenvalue weighted by Gasteiger charge is -2.26. The summed E-state index contributed by atoms with van der Waals surface area (Å²) in [5, 5.41) is 7.35. The summed E-state index contributed by atoms with van der Waals surface area (Å²) in [4.78, 5) is 33.5. The SMILES string of the molecule is CN(C)CCNC(=O)c1ccc(-c2cccc3c(C(=O)N4CCCCC4)cnn23)cn1. The molecule has 1 saturated heterocycles. The van der Waals surface area contributed by atoms with Gasteiger partial charge in [0.2, 0.25) is 0 Å². The van der Waals surface area contributed by atoms with Crippen LogP contribution in [-0.4, -0.2) is 76.5 Å². The van der Waals surface area contributed by atoms with E-state index in [-0.39, 0.29) is 11.8 Å². The molecule has 8 heteroatoms. The van der Waals surface area contributed by atoms with E-state index in [4.69, 9.17) is 0 Å². The van der Waals surface area contributed by atoms with Gasteiger partial charge in [0.05, 0.1) is 23.0 Å². The van der Waals surface area contributed by atoms with Crippen molar-refractivity contribution in [2.45, 2.75) is 19.3 Å². The first-order valence-electron chi connectivity index (χ1n) is 10.7. The van der Waals surface area contributed by atoms with Crippen LogP contribution in [0.3, 0.4) is 0 Å². The smallest absolute Gasteiger partial charge is 0.269 e. The molecule has 3 aromatic heterocycles. The van der Waals surface area contributed by atoms with Crippen LogP contribution in [0.2, 0.25) is 0 Å². The number of fused-ring (bicyclic) bond motifs is 1. The third-order valence-corrected chi connectivity index (χ3v) is 5.55. The van der Waals surface area contributed by atoms with E-state index in [0.717, 1.165) is 49.2 Å². The first-order chi connectivity index (χ1) is 15.0. The molecule has 1 N–H and O–H groups in total. The summed E-state index contributed by atoms with van der Waals surface area (Å²) in [5.41, 5.74) is 3.42. The Labute approximate surface area is 181 Å². The van der Waals surface area contributed by atoms with Gasteiger partial charge in [-0.25, -0.2) is 4.52 Å². The zero-order valence-electron chi connectivity index (χ0n) is 18.0. The van der Waals surface area contributed by atoms with E-state index in [2.05, 4.69) is 15.4 Å². The fourth-order valence-corrected chi connectivity index (χ4v) is 3.83. The summed E-state index contributed by atoms with van der Waals surface area (Å²) in [7, 11) is 3.92. The molecule has 0 unspecified atom stereocenters. The number of pyridine rings is 2. The predicted octanol–water partition coefficient (Wildman–Crippen LogP) is 2.31. The number of carbonyl (C=O) groups excluding carboxylic acids is 2. The molecule has 0 bridgehead atoms. The van der Waals surface area contributed by atoms with Crippen molar-refractivity contribution >= 4 is 17.3 Å². The predicted molar refractivity (Wildman–Crippen MR) is 119 cm³/mol. The van der Waals surface area contributed by atoms with Crippen molar-refractivity contribution in [2.24, 2.45) is 0 Å². The maximum Gasteiger partial charge on any atom is 0.269 e. The number of nitrogens with zero attached hydrogens (tertiary/aromatic N) is 5. The number of piperidine rings is 1. The summed E-state index contributed by atoms with van der Waals surface area (Å²) in [6, 6.07) is 9.33. The zero-order valence-corrected chi connectivity index (χ0v) is 18.0. The lowest BCUT2D eigenvalue weighted by atomic mass is 10.1. The molecule has 0 aromatic carbocycles. The van der Waals surface area contributed by atoms with Gasteiger partial charge in [0.25, 0.3) is 11.8 Å². The molecule has 0 atom stereocenters. The van der Waals surface area contributed by atoms with Crippen molar-refractivity contribution in [2.75, 3.05) is 40.3 Å². The molecule has 4 heterocycles. The number of likely N-dealkylation sites (tertiary alicyclic amines) is 1. The molecule has 1 aliphatic heterocycles. The molecule has 162 valence electrons. The van der Waals surface area contributed by atoms with Crippen LogP contribution in [0.5, 0.6) is 0 Å². The van der Waals surface area contributed by atoms with Crippen LogP contribution in [0.15, 0.2) is 42.7 Å². The Morgan fingerprint density at radius 1 is 1.06 bits per heavy atom. The van der Waals surface area contributed by atoms with E-state index in [1.807, 2.05) is 48.2 Å². The van der Waals surface area contributed by atoms with Crippen molar-refractivity contribution in [1.29, 1.82) is 0 Å². The second-order valence-corrected chi connectivity index (χ2v) is 8.11. The first kappa shape index (κ1) is 21.0. The van der Waals surface area contributed by atoms with Crippen LogP contribution in [0, 0.1) is 0 Å². The molecule has 8 nitrogen and oxygen atoms in total. The highest BCUT2D eigenvalue weighted by Gasteiger charge is 2.22. The zero-order chi connectivity index (χ0) is 21.8. The van der Waals surface area contributed by atoms with Crippen molar-refractivity contribution < 1.29 is 9.59 Å². The minimum atomic E-state index is -0.194. The van der Waals surface area contributed by atoms with Gasteiger partial charge >= 0.3 is 0 Å². The molecule has 0 saturated carbocycles. The van der Waals surface area contributed by atoms with Gasteiger partial charge in [-0.2, -0.15) is 5.10 Å². The number of likely N-dealkylation sites (N-methyl/N-ethyl adjacent to an activating group) is 1. The van der Waals surface area contributed by atoms with Gasteiger partial charge in [0.15, 0.2) is 0 Å². The number of rotatable bonds is 6. The lowest BCUT2D eigenvalue weighted by Crippen LogP contribution is -2.35. The first-order valence-corrected chi connectivity index (χ1v) is 10.7. The Morgan fingerprint density at radius 3 is 2.58 bits per heavy atom. The Kier molecular flexibility index (Phi) is 6.27. The summed E-state index contributed by atoms with van der Waals surface area (Å²) in [5.74, 6) is -0.158. The number of amides is 2. The summed E-state index contributed by atoms with van der Waals surface area (Å²) in [6.45, 7) is 2.94. The molecular formula is C23H28N6O2. The van der Waals surface area contributed by atoms with Gasteiger partial charge in [-0.1, -0.05) is 6.07 Å².